The summed E-state index contributed by atoms with van der Waals surface area (Å²) in [5.74, 6) is 2.49. The van der Waals surface area contributed by atoms with Crippen LogP contribution in [0.15, 0.2) is 40.4 Å². The van der Waals surface area contributed by atoms with Gasteiger partial charge in [0.15, 0.2) is 17.8 Å². The van der Waals surface area contributed by atoms with Gasteiger partial charge in [-0.15, -0.1) is 19.9 Å². The average molecular weight is 406 g/mol. The largest absolute Gasteiger partial charge is 0.497 e. The minimum Gasteiger partial charge on any atom is -0.497 e. The molecule has 9 nitrogen and oxygen atoms in total. The lowest BCUT2D eigenvalue weighted by Gasteiger charge is -2.20. The maximum atomic E-state index is 6.20. The fourth-order valence-corrected chi connectivity index (χ4v) is 4.00. The number of benzene rings is 1. The Morgan fingerprint density at radius 3 is 2.63 bits per heavy atom. The number of nitrogens with zero attached hydrogens (tertiary/aromatic N) is 7. The molecule has 2 aliphatic rings. The van der Waals surface area contributed by atoms with E-state index in [9.17, 15) is 0 Å². The third-order valence-electron chi connectivity index (χ3n) is 5.69. The summed E-state index contributed by atoms with van der Waals surface area (Å²) in [6, 6.07) is 9.76. The summed E-state index contributed by atoms with van der Waals surface area (Å²) in [7, 11) is 3.58. The summed E-state index contributed by atoms with van der Waals surface area (Å²) in [5, 5.41) is 17.9. The summed E-state index contributed by atoms with van der Waals surface area (Å²) >= 11 is 0. The van der Waals surface area contributed by atoms with E-state index in [1.54, 1.807) is 24.3 Å². The lowest BCUT2D eigenvalue weighted by molar-refractivity contribution is -0.836. The normalized spacial score (nSPS) is 21.0. The van der Waals surface area contributed by atoms with Crippen molar-refractivity contribution < 1.29 is 14.1 Å². The van der Waals surface area contributed by atoms with Gasteiger partial charge < -0.3 is 9.47 Å². The van der Waals surface area contributed by atoms with E-state index >= 15 is 0 Å². The highest BCUT2D eigenvalue weighted by Gasteiger charge is 2.28. The summed E-state index contributed by atoms with van der Waals surface area (Å²) < 4.78 is 13.4. The van der Waals surface area contributed by atoms with Gasteiger partial charge in [-0.1, -0.05) is 17.9 Å². The van der Waals surface area contributed by atoms with Gasteiger partial charge >= 0.3 is 0 Å². The van der Waals surface area contributed by atoms with Crippen LogP contribution in [-0.2, 0) is 0 Å². The number of methoxy groups -OCH3 is 1. The zero-order valence-corrected chi connectivity index (χ0v) is 17.1. The molecule has 1 fully saturated rings. The zero-order chi connectivity index (χ0) is 20.6. The first-order valence-corrected chi connectivity index (χ1v) is 10.1. The molecule has 0 spiro atoms. The molecule has 0 radical (unpaired) electrons. The molecular weight excluding hydrogens is 382 g/mol. The molecule has 1 aliphatic carbocycles. The second kappa shape index (κ2) is 7.49. The van der Waals surface area contributed by atoms with Gasteiger partial charge in [0.05, 0.1) is 7.11 Å². The van der Waals surface area contributed by atoms with Crippen LogP contribution in [0.5, 0.6) is 11.6 Å². The molecule has 3 aromatic rings. The maximum Gasteiger partial charge on any atom is 0.255 e. The number of aromatic nitrogens is 4. The zero-order valence-electron chi connectivity index (χ0n) is 17.1. The van der Waals surface area contributed by atoms with Crippen LogP contribution in [-0.4, -0.2) is 58.0 Å². The van der Waals surface area contributed by atoms with Gasteiger partial charge in [-0.05, 0) is 49.1 Å². The van der Waals surface area contributed by atoms with Crippen LogP contribution < -0.4 is 9.47 Å². The number of quaternary nitrogens is 1. The molecule has 0 bridgehead atoms. The molecule has 154 valence electrons. The van der Waals surface area contributed by atoms with E-state index in [1.165, 1.54) is 12.8 Å². The Hall–Kier alpha value is -3.33. The summed E-state index contributed by atoms with van der Waals surface area (Å²) in [4.78, 5) is 4.08. The lowest BCUT2D eigenvalue weighted by atomic mass is 9.99. The van der Waals surface area contributed by atoms with Crippen molar-refractivity contribution in [2.45, 2.75) is 31.6 Å². The standard InChI is InChI=1S/C21H24N7O2/c1-28(13-22-12-23-28)14-30-21-18(15-5-3-4-6-15)11-19-24-25-20(27(19)26-21)16-7-9-17(29-2)10-8-16/h7-13,15H,3-6,14H2,1-2H3/q+1. The Kier molecular flexibility index (Phi) is 4.66. The van der Waals surface area contributed by atoms with Gasteiger partial charge in [-0.2, -0.15) is 9.51 Å². The van der Waals surface area contributed by atoms with E-state index in [0.29, 0.717) is 24.4 Å². The third-order valence-corrected chi connectivity index (χ3v) is 5.69. The van der Waals surface area contributed by atoms with Crippen molar-refractivity contribution >= 4 is 18.3 Å². The van der Waals surface area contributed by atoms with E-state index < -0.39 is 0 Å². The maximum absolute atomic E-state index is 6.20. The third kappa shape index (κ3) is 3.41. The molecule has 1 saturated carbocycles. The Bertz CT molecular complexity index is 1100. The first kappa shape index (κ1) is 18.7. The van der Waals surface area contributed by atoms with Crippen LogP contribution in [0.3, 0.4) is 0 Å². The van der Waals surface area contributed by atoms with Crippen LogP contribution in [0.4, 0.5) is 0 Å². The fourth-order valence-electron chi connectivity index (χ4n) is 4.00. The van der Waals surface area contributed by atoms with Crippen LogP contribution in [0.25, 0.3) is 17.0 Å². The highest BCUT2D eigenvalue weighted by atomic mass is 16.5. The van der Waals surface area contributed by atoms with Gasteiger partial charge in [0, 0.05) is 11.1 Å². The quantitative estimate of drug-likeness (QED) is 0.587. The van der Waals surface area contributed by atoms with Crippen molar-refractivity contribution in [1.29, 1.82) is 0 Å². The first-order valence-electron chi connectivity index (χ1n) is 10.1. The van der Waals surface area contributed by atoms with Gasteiger partial charge in [0.25, 0.3) is 6.73 Å². The fraction of sp³-hybridized carbons (Fsp3) is 0.381. The smallest absolute Gasteiger partial charge is 0.255 e. The predicted octanol–water partition coefficient (Wildman–Crippen LogP) is 3.23. The monoisotopic (exact) mass is 406 g/mol. The summed E-state index contributed by atoms with van der Waals surface area (Å²) in [5.41, 5.74) is 2.72. The molecule has 3 heterocycles. The lowest BCUT2D eigenvalue weighted by Crippen LogP contribution is -2.38. The van der Waals surface area contributed by atoms with E-state index in [0.717, 1.165) is 35.4 Å². The molecule has 5 rings (SSSR count). The van der Waals surface area contributed by atoms with Crippen molar-refractivity contribution in [2.24, 2.45) is 10.1 Å². The Labute approximate surface area is 174 Å². The Morgan fingerprint density at radius 2 is 1.93 bits per heavy atom. The second-order valence-electron chi connectivity index (χ2n) is 7.89. The van der Waals surface area contributed by atoms with Crippen LogP contribution >= 0.6 is 0 Å². The van der Waals surface area contributed by atoms with Crippen molar-refractivity contribution in [1.82, 2.24) is 19.8 Å². The number of hydrogen-bond acceptors (Lipinski definition) is 7. The minimum absolute atomic E-state index is 0.233. The highest BCUT2D eigenvalue weighted by molar-refractivity contribution is 5.70. The number of rotatable bonds is 6. The van der Waals surface area contributed by atoms with E-state index in [1.807, 2.05) is 31.3 Å². The van der Waals surface area contributed by atoms with Gasteiger partial charge in [0.2, 0.25) is 12.2 Å². The predicted molar refractivity (Wildman–Crippen MR) is 113 cm³/mol. The Balaban J connectivity index is 1.54. The van der Waals surface area contributed by atoms with Crippen LogP contribution in [0, 0.1) is 0 Å². The minimum atomic E-state index is 0.233. The first-order chi connectivity index (χ1) is 14.6. The number of aliphatic imine (C=N–C) groups is 1. The number of fused-ring (bicyclic) bond motifs is 1. The van der Waals surface area contributed by atoms with Crippen molar-refractivity contribution in [3.8, 4) is 23.0 Å². The highest BCUT2D eigenvalue weighted by Crippen LogP contribution is 2.38. The molecule has 0 N–H and O–H groups in total. The molecule has 1 unspecified atom stereocenters. The molecule has 2 aromatic heterocycles. The van der Waals surface area contributed by atoms with Gasteiger partial charge in [-0.25, -0.2) is 0 Å². The molecule has 9 heteroatoms. The van der Waals surface area contributed by atoms with Gasteiger partial charge in [0.1, 0.15) is 12.8 Å². The second-order valence-corrected chi connectivity index (χ2v) is 7.89. The molecule has 0 saturated heterocycles. The summed E-state index contributed by atoms with van der Waals surface area (Å²) in [6.45, 7) is 0.318. The van der Waals surface area contributed by atoms with E-state index in [-0.39, 0.29) is 4.59 Å². The molecule has 30 heavy (non-hydrogen) atoms. The average Bonchev–Trinajstić information content (AvgIpc) is 3.53. The molecule has 1 atom stereocenters. The van der Waals surface area contributed by atoms with Crippen LogP contribution in [0.1, 0.15) is 37.2 Å². The van der Waals surface area contributed by atoms with E-state index in [4.69, 9.17) is 14.6 Å². The topological polar surface area (TPSA) is 86.3 Å². The molecule has 1 aromatic carbocycles. The molecule has 0 amide bonds. The number of hydrogen-bond donors (Lipinski definition) is 0. The van der Waals surface area contributed by atoms with E-state index in [2.05, 4.69) is 26.4 Å². The van der Waals surface area contributed by atoms with Crippen LogP contribution in [0.2, 0.25) is 0 Å². The SMILES string of the molecule is COc1ccc(-c2nnc3cc(C4CCCC4)c(OC[N+]4(C)C=NC=N4)nn23)cc1. The van der Waals surface area contributed by atoms with Crippen molar-refractivity contribution in [2.75, 3.05) is 20.9 Å². The Morgan fingerprint density at radius 1 is 1.13 bits per heavy atom. The molecule has 1 aliphatic heterocycles. The van der Waals surface area contributed by atoms with Gasteiger partial charge in [-0.3, -0.25) is 0 Å². The van der Waals surface area contributed by atoms with Crippen molar-refractivity contribution in [3.63, 3.8) is 0 Å². The summed E-state index contributed by atoms with van der Waals surface area (Å²) in [6.07, 6.45) is 8.02. The molecular formula is C21H24N7O2+. The van der Waals surface area contributed by atoms with Crippen molar-refractivity contribution in [3.05, 3.63) is 35.9 Å². The number of ether oxygens (including phenoxy) is 2.